The van der Waals surface area contributed by atoms with Gasteiger partial charge in [0, 0.05) is 0 Å². The molecule has 0 radical (unpaired) electrons. The summed E-state index contributed by atoms with van der Waals surface area (Å²) >= 11 is -0.168. The molecule has 0 bridgehead atoms. The second-order valence-corrected chi connectivity index (χ2v) is 9.00. The molecular formula is C16H15NOSSe. The van der Waals surface area contributed by atoms with Gasteiger partial charge in [-0.15, -0.1) is 0 Å². The first-order valence-electron chi connectivity index (χ1n) is 6.53. The van der Waals surface area contributed by atoms with Crippen molar-refractivity contribution in [3.05, 3.63) is 66.2 Å². The van der Waals surface area contributed by atoms with Crippen molar-refractivity contribution in [1.29, 1.82) is 0 Å². The normalized spacial score (nSPS) is 19.6. The molecule has 0 spiro atoms. The molecule has 2 aromatic rings. The van der Waals surface area contributed by atoms with Gasteiger partial charge in [-0.1, -0.05) is 0 Å². The number of aliphatic imine (C=N–C) groups is 1. The first kappa shape index (κ1) is 13.7. The molecule has 2 atom stereocenters. The molecule has 0 N–H and O–H groups in total. The Labute approximate surface area is 127 Å². The van der Waals surface area contributed by atoms with Crippen LogP contribution in [0.15, 0.2) is 65.7 Å². The summed E-state index contributed by atoms with van der Waals surface area (Å²) < 4.78 is 13.4. The van der Waals surface area contributed by atoms with Crippen LogP contribution >= 0.6 is 11.8 Å². The predicted molar refractivity (Wildman–Crippen MR) is 86.5 cm³/mol. The molecule has 2 aromatic carbocycles. The van der Waals surface area contributed by atoms with Crippen LogP contribution in [-0.2, 0) is 3.83 Å². The van der Waals surface area contributed by atoms with Gasteiger partial charge in [-0.05, 0) is 0 Å². The zero-order valence-corrected chi connectivity index (χ0v) is 13.5. The van der Waals surface area contributed by atoms with Crippen LogP contribution in [0.5, 0.6) is 0 Å². The van der Waals surface area contributed by atoms with E-state index < -0.39 is 13.8 Å². The Bertz CT molecular complexity index is 627. The van der Waals surface area contributed by atoms with Gasteiger partial charge in [-0.2, -0.15) is 0 Å². The van der Waals surface area contributed by atoms with E-state index in [0.717, 1.165) is 21.4 Å². The molecule has 2 nitrogen and oxygen atoms in total. The fourth-order valence-corrected chi connectivity index (χ4v) is 6.41. The molecule has 0 saturated heterocycles. The molecule has 1 aliphatic heterocycles. The minimum atomic E-state index is -1.94. The number of hydrogen-bond donors (Lipinski definition) is 0. The monoisotopic (exact) mass is 349 g/mol. The van der Waals surface area contributed by atoms with Crippen LogP contribution < -0.4 is 4.46 Å². The third-order valence-corrected chi connectivity index (χ3v) is 7.95. The van der Waals surface area contributed by atoms with Crippen molar-refractivity contribution in [2.45, 2.75) is 10.6 Å². The van der Waals surface area contributed by atoms with Gasteiger partial charge >= 0.3 is 127 Å². The van der Waals surface area contributed by atoms with Gasteiger partial charge in [0.05, 0.1) is 0 Å². The Morgan fingerprint density at radius 2 is 1.70 bits per heavy atom. The molecule has 0 amide bonds. The molecule has 0 aliphatic carbocycles. The summed E-state index contributed by atoms with van der Waals surface area (Å²) in [5.41, 5.74) is 1.17. The van der Waals surface area contributed by atoms with E-state index in [4.69, 9.17) is 0 Å². The Kier molecular flexibility index (Phi) is 4.46. The predicted octanol–water partition coefficient (Wildman–Crippen LogP) is 2.88. The summed E-state index contributed by atoms with van der Waals surface area (Å²) in [6, 6.07) is 20.0. The van der Waals surface area contributed by atoms with Crippen LogP contribution in [0.3, 0.4) is 0 Å². The topological polar surface area (TPSA) is 29.4 Å². The van der Waals surface area contributed by atoms with Crippen molar-refractivity contribution in [2.24, 2.45) is 4.99 Å². The van der Waals surface area contributed by atoms with Gasteiger partial charge in [0.15, 0.2) is 0 Å². The standard InChI is InChI=1S/C16H15NOSSe/c18-20(15-9-5-2-6-10-15)12-14-11-17-16(19-14)13-7-3-1-4-8-13/h1-10,14H,11-12H2. The molecule has 20 heavy (non-hydrogen) atoms. The van der Waals surface area contributed by atoms with Crippen LogP contribution in [0.2, 0.25) is 5.32 Å². The fourth-order valence-electron chi connectivity index (χ4n) is 2.08. The van der Waals surface area contributed by atoms with Crippen LogP contribution in [0.25, 0.3) is 0 Å². The fraction of sp³-hybridized carbons (Fsp3) is 0.188. The summed E-state index contributed by atoms with van der Waals surface area (Å²) in [6.07, 6.45) is 0. The summed E-state index contributed by atoms with van der Waals surface area (Å²) in [6.45, 7) is 0.782. The van der Waals surface area contributed by atoms with E-state index in [1.54, 1.807) is 11.8 Å². The van der Waals surface area contributed by atoms with E-state index in [9.17, 15) is 3.83 Å². The van der Waals surface area contributed by atoms with E-state index in [0.29, 0.717) is 5.25 Å². The average molecular weight is 348 g/mol. The zero-order valence-electron chi connectivity index (χ0n) is 10.9. The Hall–Kier alpha value is -1.22. The number of rotatable bonds is 4. The Morgan fingerprint density at radius 1 is 1.05 bits per heavy atom. The van der Waals surface area contributed by atoms with Crippen molar-refractivity contribution in [2.75, 3.05) is 6.54 Å². The van der Waals surface area contributed by atoms with Crippen LogP contribution in [0.4, 0.5) is 0 Å². The van der Waals surface area contributed by atoms with Gasteiger partial charge in [0.2, 0.25) is 0 Å². The summed E-state index contributed by atoms with van der Waals surface area (Å²) in [5.74, 6) is 0. The molecule has 1 aliphatic rings. The summed E-state index contributed by atoms with van der Waals surface area (Å²) in [5, 5.41) is 2.20. The molecule has 2 unspecified atom stereocenters. The molecule has 3 rings (SSSR count). The molecule has 0 fully saturated rings. The third kappa shape index (κ3) is 3.26. The first-order chi connectivity index (χ1) is 9.83. The Morgan fingerprint density at radius 3 is 2.40 bits per heavy atom. The average Bonchev–Trinajstić information content (AvgIpc) is 2.97. The maximum absolute atomic E-state index is 12.4. The van der Waals surface area contributed by atoms with Gasteiger partial charge in [0.1, 0.15) is 0 Å². The van der Waals surface area contributed by atoms with E-state index in [2.05, 4.69) is 17.1 Å². The van der Waals surface area contributed by atoms with E-state index in [1.807, 2.05) is 48.5 Å². The van der Waals surface area contributed by atoms with Gasteiger partial charge in [0.25, 0.3) is 0 Å². The second kappa shape index (κ2) is 6.49. The molecule has 1 heterocycles. The zero-order chi connectivity index (χ0) is 13.8. The number of benzene rings is 2. The van der Waals surface area contributed by atoms with Gasteiger partial charge in [-0.25, -0.2) is 0 Å². The quantitative estimate of drug-likeness (QED) is 0.795. The third-order valence-electron chi connectivity index (χ3n) is 3.08. The molecule has 4 heteroatoms. The van der Waals surface area contributed by atoms with Gasteiger partial charge < -0.3 is 0 Å². The summed E-state index contributed by atoms with van der Waals surface area (Å²) in [7, 11) is 0. The first-order valence-corrected chi connectivity index (χ1v) is 10.2. The number of thioether (sulfide) groups is 1. The maximum atomic E-state index is 12.4. The number of hydrogen-bond acceptors (Lipinski definition) is 3. The van der Waals surface area contributed by atoms with E-state index in [-0.39, 0.29) is 0 Å². The molecule has 0 saturated carbocycles. The Balaban J connectivity index is 1.61. The van der Waals surface area contributed by atoms with E-state index in [1.165, 1.54) is 5.56 Å². The molecular weight excluding hydrogens is 333 g/mol. The molecule has 102 valence electrons. The van der Waals surface area contributed by atoms with Gasteiger partial charge in [-0.3, -0.25) is 0 Å². The van der Waals surface area contributed by atoms with Crippen molar-refractivity contribution >= 4 is 35.1 Å². The SMILES string of the molecule is O=[Se](CC1CN=C(c2ccccc2)S1)c1ccccc1. The second-order valence-electron chi connectivity index (χ2n) is 4.58. The molecule has 0 aromatic heterocycles. The van der Waals surface area contributed by atoms with Crippen LogP contribution in [0, 0.1) is 0 Å². The van der Waals surface area contributed by atoms with Crippen molar-refractivity contribution in [3.8, 4) is 0 Å². The minimum absolute atomic E-state index is 0.355. The van der Waals surface area contributed by atoms with E-state index >= 15 is 0 Å². The van der Waals surface area contributed by atoms with Crippen molar-refractivity contribution in [3.63, 3.8) is 0 Å². The number of nitrogens with zero attached hydrogens (tertiary/aromatic N) is 1. The van der Waals surface area contributed by atoms with Crippen LogP contribution in [0.1, 0.15) is 5.56 Å². The summed E-state index contributed by atoms with van der Waals surface area (Å²) in [4.78, 5) is 4.59. The van der Waals surface area contributed by atoms with Crippen LogP contribution in [-0.4, -0.2) is 30.7 Å². The van der Waals surface area contributed by atoms with Crippen molar-refractivity contribution in [1.82, 2.24) is 0 Å². The van der Waals surface area contributed by atoms with Crippen molar-refractivity contribution < 1.29 is 3.83 Å².